The maximum absolute atomic E-state index is 10.4. The summed E-state index contributed by atoms with van der Waals surface area (Å²) in [6.07, 6.45) is 0.00176. The van der Waals surface area contributed by atoms with Crippen molar-refractivity contribution >= 4 is 5.97 Å². The van der Waals surface area contributed by atoms with Crippen LogP contribution in [-0.4, -0.2) is 17.8 Å². The molecule has 1 aromatic carbocycles. The lowest BCUT2D eigenvalue weighted by Gasteiger charge is -2.03. The van der Waals surface area contributed by atoms with Crippen molar-refractivity contribution in [1.29, 1.82) is 0 Å². The largest absolute Gasteiger partial charge is 0.481 e. The Kier molecular flexibility index (Phi) is 3.28. The number of carbonyl (C=O) groups is 1. The van der Waals surface area contributed by atoms with E-state index in [9.17, 15) is 4.79 Å². The van der Waals surface area contributed by atoms with Crippen molar-refractivity contribution in [2.75, 3.05) is 6.73 Å². The van der Waals surface area contributed by atoms with Crippen molar-refractivity contribution < 1.29 is 14.6 Å². The summed E-state index contributed by atoms with van der Waals surface area (Å²) >= 11 is 0. The molecule has 3 N–H and O–H groups in total. The Labute approximate surface area is 75.9 Å². The third-order valence-electron chi connectivity index (χ3n) is 1.50. The summed E-state index contributed by atoms with van der Waals surface area (Å²) in [6, 6.07) is 6.87. The highest BCUT2D eigenvalue weighted by Crippen LogP contribution is 2.13. The lowest BCUT2D eigenvalue weighted by molar-refractivity contribution is -0.136. The third kappa shape index (κ3) is 3.13. The number of ether oxygens (including phenoxy) is 1. The Morgan fingerprint density at radius 2 is 2.31 bits per heavy atom. The predicted octanol–water partition coefficient (Wildman–Crippen LogP) is 0.609. The minimum absolute atomic E-state index is 0.00176. The zero-order valence-corrected chi connectivity index (χ0v) is 7.06. The highest BCUT2D eigenvalue weighted by Gasteiger charge is 2.01. The van der Waals surface area contributed by atoms with E-state index in [-0.39, 0.29) is 13.2 Å². The Bertz CT molecular complexity index is 299. The molecule has 1 rings (SSSR count). The van der Waals surface area contributed by atoms with Crippen molar-refractivity contribution in [2.24, 2.45) is 5.73 Å². The first-order valence-electron chi connectivity index (χ1n) is 3.86. The molecular weight excluding hydrogens is 170 g/mol. The number of benzene rings is 1. The highest BCUT2D eigenvalue weighted by molar-refractivity contribution is 5.70. The van der Waals surface area contributed by atoms with E-state index in [0.717, 1.165) is 0 Å². The van der Waals surface area contributed by atoms with Gasteiger partial charge in [0.05, 0.1) is 6.42 Å². The Hall–Kier alpha value is -1.55. The van der Waals surface area contributed by atoms with Crippen molar-refractivity contribution in [2.45, 2.75) is 6.42 Å². The summed E-state index contributed by atoms with van der Waals surface area (Å²) in [6.45, 7) is 0.0938. The molecule has 0 saturated heterocycles. The molecule has 0 spiro atoms. The molecule has 0 aliphatic heterocycles. The van der Waals surface area contributed by atoms with Gasteiger partial charge in [-0.25, -0.2) is 0 Å². The monoisotopic (exact) mass is 181 g/mol. The third-order valence-corrected chi connectivity index (χ3v) is 1.50. The van der Waals surface area contributed by atoms with Gasteiger partial charge in [-0.2, -0.15) is 0 Å². The molecule has 0 radical (unpaired) electrons. The van der Waals surface area contributed by atoms with E-state index in [2.05, 4.69) is 0 Å². The molecule has 0 atom stereocenters. The summed E-state index contributed by atoms with van der Waals surface area (Å²) < 4.78 is 5.01. The SMILES string of the molecule is NCOc1cccc(CC(=O)O)c1. The van der Waals surface area contributed by atoms with E-state index in [1.54, 1.807) is 24.3 Å². The predicted molar refractivity (Wildman–Crippen MR) is 47.5 cm³/mol. The van der Waals surface area contributed by atoms with Crippen LogP contribution in [-0.2, 0) is 11.2 Å². The molecule has 0 amide bonds. The smallest absolute Gasteiger partial charge is 0.307 e. The van der Waals surface area contributed by atoms with Crippen LogP contribution in [0, 0.1) is 0 Å². The van der Waals surface area contributed by atoms with E-state index >= 15 is 0 Å². The highest BCUT2D eigenvalue weighted by atomic mass is 16.5. The average Bonchev–Trinajstić information content (AvgIpc) is 2.04. The second kappa shape index (κ2) is 4.47. The van der Waals surface area contributed by atoms with Gasteiger partial charge in [-0.05, 0) is 17.7 Å². The number of aliphatic carboxylic acids is 1. The fourth-order valence-corrected chi connectivity index (χ4v) is 1.02. The van der Waals surface area contributed by atoms with Crippen LogP contribution >= 0.6 is 0 Å². The number of rotatable bonds is 4. The van der Waals surface area contributed by atoms with Gasteiger partial charge < -0.3 is 9.84 Å². The average molecular weight is 181 g/mol. The first-order valence-corrected chi connectivity index (χ1v) is 3.86. The lowest BCUT2D eigenvalue weighted by atomic mass is 10.1. The second-order valence-corrected chi connectivity index (χ2v) is 2.53. The lowest BCUT2D eigenvalue weighted by Crippen LogP contribution is -2.07. The standard InChI is InChI=1S/C9H11NO3/c10-6-13-8-3-1-2-7(4-8)5-9(11)12/h1-4H,5-6,10H2,(H,11,12). The van der Waals surface area contributed by atoms with Crippen LogP contribution < -0.4 is 10.5 Å². The summed E-state index contributed by atoms with van der Waals surface area (Å²) in [5.74, 6) is -0.258. The zero-order valence-electron chi connectivity index (χ0n) is 7.06. The van der Waals surface area contributed by atoms with Gasteiger partial charge in [0, 0.05) is 0 Å². The van der Waals surface area contributed by atoms with E-state index in [0.29, 0.717) is 11.3 Å². The molecule has 0 saturated carbocycles. The van der Waals surface area contributed by atoms with Crippen LogP contribution in [0.2, 0.25) is 0 Å². The van der Waals surface area contributed by atoms with Crippen LogP contribution in [0.15, 0.2) is 24.3 Å². The Balaban J connectivity index is 2.73. The molecule has 0 unspecified atom stereocenters. The van der Waals surface area contributed by atoms with Gasteiger partial charge in [-0.1, -0.05) is 12.1 Å². The number of carboxylic acid groups (broad SMARTS) is 1. The van der Waals surface area contributed by atoms with Crippen LogP contribution in [0.4, 0.5) is 0 Å². The minimum atomic E-state index is -0.857. The van der Waals surface area contributed by atoms with Crippen molar-refractivity contribution in [3.05, 3.63) is 29.8 Å². The van der Waals surface area contributed by atoms with Gasteiger partial charge in [-0.3, -0.25) is 10.5 Å². The minimum Gasteiger partial charge on any atom is -0.481 e. The van der Waals surface area contributed by atoms with Crippen molar-refractivity contribution in [3.8, 4) is 5.75 Å². The van der Waals surface area contributed by atoms with Crippen LogP contribution in [0.1, 0.15) is 5.56 Å². The van der Waals surface area contributed by atoms with Crippen LogP contribution in [0.5, 0.6) is 5.75 Å². The molecular formula is C9H11NO3. The normalized spacial score (nSPS) is 9.62. The summed E-state index contributed by atoms with van der Waals surface area (Å²) in [7, 11) is 0. The quantitative estimate of drug-likeness (QED) is 0.667. The second-order valence-electron chi connectivity index (χ2n) is 2.53. The van der Waals surface area contributed by atoms with E-state index in [4.69, 9.17) is 15.6 Å². The molecule has 1 aromatic rings. The Morgan fingerprint density at radius 1 is 1.54 bits per heavy atom. The zero-order chi connectivity index (χ0) is 9.68. The number of hydrogen-bond acceptors (Lipinski definition) is 3. The molecule has 0 heterocycles. The van der Waals surface area contributed by atoms with Crippen molar-refractivity contribution in [1.82, 2.24) is 0 Å². The van der Waals surface area contributed by atoms with Gasteiger partial charge in [0.25, 0.3) is 0 Å². The number of hydrogen-bond donors (Lipinski definition) is 2. The van der Waals surface area contributed by atoms with E-state index in [1.165, 1.54) is 0 Å². The van der Waals surface area contributed by atoms with Crippen LogP contribution in [0.25, 0.3) is 0 Å². The van der Waals surface area contributed by atoms with Gasteiger partial charge in [0.15, 0.2) is 0 Å². The van der Waals surface area contributed by atoms with Gasteiger partial charge in [0.1, 0.15) is 12.5 Å². The molecule has 0 aliphatic carbocycles. The molecule has 4 nitrogen and oxygen atoms in total. The molecule has 4 heteroatoms. The van der Waals surface area contributed by atoms with Crippen molar-refractivity contribution in [3.63, 3.8) is 0 Å². The molecule has 13 heavy (non-hydrogen) atoms. The summed E-state index contributed by atoms with van der Waals surface area (Å²) in [4.78, 5) is 10.4. The molecule has 0 bridgehead atoms. The molecule has 0 fully saturated rings. The summed E-state index contributed by atoms with van der Waals surface area (Å²) in [5, 5.41) is 8.52. The molecule has 70 valence electrons. The fraction of sp³-hybridized carbons (Fsp3) is 0.222. The molecule has 0 aliphatic rings. The Morgan fingerprint density at radius 3 is 2.92 bits per heavy atom. The maximum atomic E-state index is 10.4. The van der Waals surface area contributed by atoms with Gasteiger partial charge in [-0.15, -0.1) is 0 Å². The number of carboxylic acids is 1. The maximum Gasteiger partial charge on any atom is 0.307 e. The number of nitrogens with two attached hydrogens (primary N) is 1. The topological polar surface area (TPSA) is 72.5 Å². The first kappa shape index (κ1) is 9.54. The first-order chi connectivity index (χ1) is 6.22. The van der Waals surface area contributed by atoms with E-state index in [1.807, 2.05) is 0 Å². The molecule has 0 aromatic heterocycles. The van der Waals surface area contributed by atoms with Gasteiger partial charge in [0.2, 0.25) is 0 Å². The van der Waals surface area contributed by atoms with Crippen LogP contribution in [0.3, 0.4) is 0 Å². The van der Waals surface area contributed by atoms with Gasteiger partial charge >= 0.3 is 5.97 Å². The fourth-order valence-electron chi connectivity index (χ4n) is 1.02. The summed E-state index contributed by atoms with van der Waals surface area (Å²) in [5.41, 5.74) is 5.88. The van der Waals surface area contributed by atoms with E-state index < -0.39 is 5.97 Å².